The van der Waals surface area contributed by atoms with Gasteiger partial charge < -0.3 is 9.73 Å². The van der Waals surface area contributed by atoms with Crippen molar-refractivity contribution in [2.45, 2.75) is 13.5 Å². The quantitative estimate of drug-likeness (QED) is 0.754. The van der Waals surface area contributed by atoms with E-state index in [1.807, 2.05) is 18.2 Å². The predicted octanol–water partition coefficient (Wildman–Crippen LogP) is 4.48. The fourth-order valence-corrected chi connectivity index (χ4v) is 3.26. The Labute approximate surface area is 129 Å². The second-order valence-electron chi connectivity index (χ2n) is 4.36. The van der Waals surface area contributed by atoms with Gasteiger partial charge in [0, 0.05) is 32.5 Å². The predicted molar refractivity (Wildman–Crippen MR) is 83.8 cm³/mol. The van der Waals surface area contributed by atoms with Gasteiger partial charge in [0.25, 0.3) is 0 Å². The van der Waals surface area contributed by atoms with Crippen LogP contribution in [0.2, 0.25) is 0 Å². The molecule has 3 aromatic rings. The number of rotatable bonds is 4. The monoisotopic (exact) mass is 349 g/mol. The molecule has 0 aliphatic rings. The number of thiophene rings is 1. The Hall–Kier alpha value is -1.66. The van der Waals surface area contributed by atoms with E-state index in [2.05, 4.69) is 49.8 Å². The van der Waals surface area contributed by atoms with Crippen molar-refractivity contribution in [1.82, 2.24) is 10.2 Å². The molecule has 20 heavy (non-hydrogen) atoms. The Morgan fingerprint density at radius 2 is 2.25 bits per heavy atom. The van der Waals surface area contributed by atoms with E-state index in [4.69, 9.17) is 4.42 Å². The second-order valence-corrected chi connectivity index (χ2v) is 6.27. The van der Waals surface area contributed by atoms with Crippen molar-refractivity contribution >= 4 is 33.0 Å². The number of hydrogen-bond acceptors (Lipinski definition) is 5. The van der Waals surface area contributed by atoms with Crippen LogP contribution in [0, 0.1) is 6.92 Å². The largest absolute Gasteiger partial charge is 0.423 e. The first-order chi connectivity index (χ1) is 9.72. The SMILES string of the molecule is Cc1ccc(-c2nnco2)cc1NCc1cc(Br)cs1. The number of aryl methyl sites for hydroxylation is 1. The molecule has 3 rings (SSSR count). The molecule has 0 atom stereocenters. The summed E-state index contributed by atoms with van der Waals surface area (Å²) in [6.45, 7) is 2.87. The molecule has 6 heteroatoms. The summed E-state index contributed by atoms with van der Waals surface area (Å²) < 4.78 is 6.35. The van der Waals surface area contributed by atoms with Crippen LogP contribution in [0.15, 0.2) is 44.9 Å². The zero-order valence-electron chi connectivity index (χ0n) is 10.8. The molecule has 0 radical (unpaired) electrons. The van der Waals surface area contributed by atoms with Crippen LogP contribution in [-0.2, 0) is 6.54 Å². The van der Waals surface area contributed by atoms with Crippen molar-refractivity contribution < 1.29 is 4.42 Å². The van der Waals surface area contributed by atoms with E-state index in [0.29, 0.717) is 5.89 Å². The molecule has 2 heterocycles. The van der Waals surface area contributed by atoms with E-state index >= 15 is 0 Å². The summed E-state index contributed by atoms with van der Waals surface area (Å²) in [6.07, 6.45) is 1.34. The van der Waals surface area contributed by atoms with Crippen LogP contribution in [0.5, 0.6) is 0 Å². The normalized spacial score (nSPS) is 10.7. The fraction of sp³-hybridized carbons (Fsp3) is 0.143. The van der Waals surface area contributed by atoms with Gasteiger partial charge in [-0.25, -0.2) is 0 Å². The van der Waals surface area contributed by atoms with Gasteiger partial charge in [-0.15, -0.1) is 21.5 Å². The zero-order valence-corrected chi connectivity index (χ0v) is 13.2. The van der Waals surface area contributed by atoms with Gasteiger partial charge in [0.15, 0.2) is 0 Å². The average Bonchev–Trinajstić information content (AvgIpc) is 3.09. The molecule has 0 aliphatic carbocycles. The van der Waals surface area contributed by atoms with Crippen molar-refractivity contribution in [1.29, 1.82) is 0 Å². The van der Waals surface area contributed by atoms with Crippen LogP contribution in [0.4, 0.5) is 5.69 Å². The maximum atomic E-state index is 5.23. The van der Waals surface area contributed by atoms with Gasteiger partial charge in [0.1, 0.15) is 0 Å². The number of halogens is 1. The third kappa shape index (κ3) is 2.91. The van der Waals surface area contributed by atoms with Crippen LogP contribution >= 0.6 is 27.3 Å². The zero-order chi connectivity index (χ0) is 13.9. The lowest BCUT2D eigenvalue weighted by Gasteiger charge is -2.09. The lowest BCUT2D eigenvalue weighted by molar-refractivity contribution is 0.568. The standard InChI is InChI=1S/C14H12BrN3OS/c1-9-2-3-10(14-18-17-8-19-14)4-13(9)16-6-12-5-11(15)7-20-12/h2-5,7-8,16H,6H2,1H3. The minimum absolute atomic E-state index is 0.534. The summed E-state index contributed by atoms with van der Waals surface area (Å²) in [5.41, 5.74) is 3.18. The Morgan fingerprint density at radius 1 is 1.35 bits per heavy atom. The van der Waals surface area contributed by atoms with E-state index < -0.39 is 0 Å². The molecule has 2 aromatic heterocycles. The Morgan fingerprint density at radius 3 is 2.95 bits per heavy atom. The topological polar surface area (TPSA) is 51.0 Å². The molecule has 0 spiro atoms. The summed E-state index contributed by atoms with van der Waals surface area (Å²) in [6, 6.07) is 8.18. The van der Waals surface area contributed by atoms with E-state index in [0.717, 1.165) is 22.3 Å². The van der Waals surface area contributed by atoms with E-state index in [-0.39, 0.29) is 0 Å². The lowest BCUT2D eigenvalue weighted by Crippen LogP contribution is -1.99. The van der Waals surface area contributed by atoms with Gasteiger partial charge in [0.2, 0.25) is 12.3 Å². The van der Waals surface area contributed by atoms with Crippen molar-refractivity contribution in [2.24, 2.45) is 0 Å². The van der Waals surface area contributed by atoms with Crippen LogP contribution in [-0.4, -0.2) is 10.2 Å². The first kappa shape index (κ1) is 13.3. The molecule has 0 unspecified atom stereocenters. The Balaban J connectivity index is 1.80. The highest BCUT2D eigenvalue weighted by atomic mass is 79.9. The molecule has 4 nitrogen and oxygen atoms in total. The number of aromatic nitrogens is 2. The van der Waals surface area contributed by atoms with Crippen LogP contribution in [0.1, 0.15) is 10.4 Å². The molecule has 1 N–H and O–H groups in total. The number of anilines is 1. The number of hydrogen-bond donors (Lipinski definition) is 1. The van der Waals surface area contributed by atoms with Gasteiger partial charge >= 0.3 is 0 Å². The van der Waals surface area contributed by atoms with Gasteiger partial charge in [-0.3, -0.25) is 0 Å². The molecule has 0 saturated carbocycles. The van der Waals surface area contributed by atoms with Crippen molar-refractivity contribution in [2.75, 3.05) is 5.32 Å². The maximum Gasteiger partial charge on any atom is 0.247 e. The highest BCUT2D eigenvalue weighted by molar-refractivity contribution is 9.10. The number of nitrogens with zero attached hydrogens (tertiary/aromatic N) is 2. The Kier molecular flexibility index (Phi) is 3.84. The molecule has 102 valence electrons. The lowest BCUT2D eigenvalue weighted by atomic mass is 10.1. The molecule has 0 saturated heterocycles. The molecular formula is C14H12BrN3OS. The minimum Gasteiger partial charge on any atom is -0.423 e. The summed E-state index contributed by atoms with van der Waals surface area (Å²) in [5.74, 6) is 0.534. The third-order valence-electron chi connectivity index (χ3n) is 2.92. The highest BCUT2D eigenvalue weighted by Crippen LogP contribution is 2.25. The van der Waals surface area contributed by atoms with Gasteiger partial charge in [0.05, 0.1) is 0 Å². The van der Waals surface area contributed by atoms with Crippen molar-refractivity contribution in [3.05, 3.63) is 51.0 Å². The van der Waals surface area contributed by atoms with Crippen LogP contribution < -0.4 is 5.32 Å². The Bertz CT molecular complexity index is 709. The molecular weight excluding hydrogens is 338 g/mol. The fourth-order valence-electron chi connectivity index (χ4n) is 1.87. The molecule has 0 bridgehead atoms. The van der Waals surface area contributed by atoms with E-state index in [1.54, 1.807) is 11.3 Å². The van der Waals surface area contributed by atoms with Gasteiger partial charge in [-0.2, -0.15) is 0 Å². The maximum absolute atomic E-state index is 5.23. The smallest absolute Gasteiger partial charge is 0.247 e. The average molecular weight is 350 g/mol. The molecule has 0 fully saturated rings. The molecule has 1 aromatic carbocycles. The molecule has 0 amide bonds. The number of nitrogens with one attached hydrogen (secondary N) is 1. The summed E-state index contributed by atoms with van der Waals surface area (Å²) in [4.78, 5) is 1.28. The van der Waals surface area contributed by atoms with Crippen LogP contribution in [0.3, 0.4) is 0 Å². The first-order valence-electron chi connectivity index (χ1n) is 6.06. The number of benzene rings is 1. The summed E-state index contributed by atoms with van der Waals surface area (Å²) >= 11 is 5.19. The van der Waals surface area contributed by atoms with E-state index in [1.165, 1.54) is 16.8 Å². The minimum atomic E-state index is 0.534. The first-order valence-corrected chi connectivity index (χ1v) is 7.73. The summed E-state index contributed by atoms with van der Waals surface area (Å²) in [5, 5.41) is 13.2. The van der Waals surface area contributed by atoms with Crippen molar-refractivity contribution in [3.63, 3.8) is 0 Å². The highest BCUT2D eigenvalue weighted by Gasteiger charge is 2.07. The van der Waals surface area contributed by atoms with E-state index in [9.17, 15) is 0 Å². The summed E-state index contributed by atoms with van der Waals surface area (Å²) in [7, 11) is 0. The van der Waals surface area contributed by atoms with Gasteiger partial charge in [-0.1, -0.05) is 6.07 Å². The second kappa shape index (κ2) is 5.76. The third-order valence-corrected chi connectivity index (χ3v) is 4.62. The molecule has 0 aliphatic heterocycles. The van der Waals surface area contributed by atoms with Crippen molar-refractivity contribution in [3.8, 4) is 11.5 Å². The van der Waals surface area contributed by atoms with Gasteiger partial charge in [-0.05, 0) is 46.6 Å². The van der Waals surface area contributed by atoms with Crippen LogP contribution in [0.25, 0.3) is 11.5 Å².